The van der Waals surface area contributed by atoms with E-state index in [4.69, 9.17) is 10.5 Å². The number of nitrogens with zero attached hydrogens (tertiary/aromatic N) is 2. The smallest absolute Gasteiger partial charge is 0.109 e. The molecule has 2 aliphatic heterocycles. The van der Waals surface area contributed by atoms with E-state index in [0.29, 0.717) is 6.04 Å². The van der Waals surface area contributed by atoms with Crippen molar-refractivity contribution in [3.8, 4) is 0 Å². The number of aryl methyl sites for hydroxylation is 1. The number of fused-ring (bicyclic) bond motifs is 1. The van der Waals surface area contributed by atoms with Crippen LogP contribution < -0.4 is 5.73 Å². The molecule has 1 aromatic rings. The molecule has 2 N–H and O–H groups in total. The molecule has 1 fully saturated rings. The Kier molecular flexibility index (Phi) is 2.25. The molecular formula is C11H17N3O. The van der Waals surface area contributed by atoms with Gasteiger partial charge in [0.05, 0.1) is 5.69 Å². The zero-order chi connectivity index (χ0) is 10.3. The van der Waals surface area contributed by atoms with Crippen LogP contribution in [-0.2, 0) is 17.7 Å². The van der Waals surface area contributed by atoms with E-state index in [9.17, 15) is 0 Å². The summed E-state index contributed by atoms with van der Waals surface area (Å²) in [5, 5.41) is 0. The van der Waals surface area contributed by atoms with Gasteiger partial charge in [-0.3, -0.25) is 0 Å². The van der Waals surface area contributed by atoms with Crippen LogP contribution in [0.25, 0.3) is 0 Å². The first-order valence-electron chi connectivity index (χ1n) is 5.76. The first-order valence-corrected chi connectivity index (χ1v) is 5.76. The minimum atomic E-state index is 0.235. The first kappa shape index (κ1) is 9.36. The summed E-state index contributed by atoms with van der Waals surface area (Å²) in [6.45, 7) is 1.79. The molecule has 4 heteroatoms. The van der Waals surface area contributed by atoms with Gasteiger partial charge in [-0.25, -0.2) is 4.98 Å². The molecule has 0 aromatic carbocycles. The fourth-order valence-electron chi connectivity index (χ4n) is 2.46. The van der Waals surface area contributed by atoms with Crippen molar-refractivity contribution in [1.29, 1.82) is 0 Å². The quantitative estimate of drug-likeness (QED) is 0.747. The zero-order valence-electron chi connectivity index (χ0n) is 8.85. The molecule has 0 radical (unpaired) electrons. The molecule has 15 heavy (non-hydrogen) atoms. The van der Waals surface area contributed by atoms with E-state index in [1.54, 1.807) is 0 Å². The van der Waals surface area contributed by atoms with Crippen molar-refractivity contribution in [1.82, 2.24) is 9.55 Å². The second-order valence-corrected chi connectivity index (χ2v) is 4.53. The average molecular weight is 207 g/mol. The SMILES string of the molecule is NC1CCc2nc(C3CCCO3)cn2C1. The highest BCUT2D eigenvalue weighted by Crippen LogP contribution is 2.28. The lowest BCUT2D eigenvalue weighted by molar-refractivity contribution is 0.109. The molecule has 3 rings (SSSR count). The van der Waals surface area contributed by atoms with Gasteiger partial charge in [0.25, 0.3) is 0 Å². The standard InChI is InChI=1S/C11H17N3O/c12-8-3-4-11-13-9(7-14(11)6-8)10-2-1-5-15-10/h7-8,10H,1-6,12H2. The van der Waals surface area contributed by atoms with Crippen molar-refractivity contribution in [2.45, 2.75) is 44.4 Å². The lowest BCUT2D eigenvalue weighted by Gasteiger charge is -2.19. The van der Waals surface area contributed by atoms with E-state index in [0.717, 1.165) is 44.5 Å². The Labute approximate surface area is 89.4 Å². The molecule has 2 aliphatic rings. The van der Waals surface area contributed by atoms with E-state index >= 15 is 0 Å². The van der Waals surface area contributed by atoms with Crippen LogP contribution in [0.15, 0.2) is 6.20 Å². The highest BCUT2D eigenvalue weighted by Gasteiger charge is 2.24. The number of ether oxygens (including phenoxy) is 1. The van der Waals surface area contributed by atoms with Crippen LogP contribution in [0.1, 0.15) is 36.9 Å². The third kappa shape index (κ3) is 1.68. The summed E-state index contributed by atoms with van der Waals surface area (Å²) < 4.78 is 7.84. The minimum absolute atomic E-state index is 0.235. The Morgan fingerprint density at radius 1 is 1.47 bits per heavy atom. The van der Waals surface area contributed by atoms with E-state index in [-0.39, 0.29) is 6.10 Å². The maximum atomic E-state index is 5.93. The number of hydrogen-bond acceptors (Lipinski definition) is 3. The van der Waals surface area contributed by atoms with Crippen molar-refractivity contribution in [3.05, 3.63) is 17.7 Å². The summed E-state index contributed by atoms with van der Waals surface area (Å²) in [6.07, 6.45) is 6.70. The van der Waals surface area contributed by atoms with Crippen LogP contribution in [0.4, 0.5) is 0 Å². The summed E-state index contributed by atoms with van der Waals surface area (Å²) in [7, 11) is 0. The lowest BCUT2D eigenvalue weighted by atomic mass is 10.1. The minimum Gasteiger partial charge on any atom is -0.372 e. The Morgan fingerprint density at radius 2 is 2.40 bits per heavy atom. The fraction of sp³-hybridized carbons (Fsp3) is 0.727. The highest BCUT2D eigenvalue weighted by atomic mass is 16.5. The normalized spacial score (nSPS) is 30.5. The van der Waals surface area contributed by atoms with Gasteiger partial charge in [-0.15, -0.1) is 0 Å². The van der Waals surface area contributed by atoms with Crippen LogP contribution in [-0.4, -0.2) is 22.2 Å². The number of imidazole rings is 1. The van der Waals surface area contributed by atoms with Crippen molar-refractivity contribution in [2.75, 3.05) is 6.61 Å². The van der Waals surface area contributed by atoms with Gasteiger partial charge in [-0.05, 0) is 19.3 Å². The van der Waals surface area contributed by atoms with Gasteiger partial charge in [-0.1, -0.05) is 0 Å². The van der Waals surface area contributed by atoms with Gasteiger partial charge in [0.2, 0.25) is 0 Å². The maximum Gasteiger partial charge on any atom is 0.109 e. The van der Waals surface area contributed by atoms with Gasteiger partial charge in [-0.2, -0.15) is 0 Å². The van der Waals surface area contributed by atoms with Gasteiger partial charge < -0.3 is 15.0 Å². The Hall–Kier alpha value is -0.870. The highest BCUT2D eigenvalue weighted by molar-refractivity contribution is 5.10. The number of aromatic nitrogens is 2. The van der Waals surface area contributed by atoms with Gasteiger partial charge in [0.15, 0.2) is 0 Å². The van der Waals surface area contributed by atoms with Crippen molar-refractivity contribution < 1.29 is 4.74 Å². The fourth-order valence-corrected chi connectivity index (χ4v) is 2.46. The third-order valence-electron chi connectivity index (χ3n) is 3.31. The average Bonchev–Trinajstić information content (AvgIpc) is 2.84. The zero-order valence-corrected chi connectivity index (χ0v) is 8.85. The summed E-state index contributed by atoms with van der Waals surface area (Å²) in [6, 6.07) is 0.295. The van der Waals surface area contributed by atoms with Gasteiger partial charge in [0, 0.05) is 31.8 Å². The molecule has 1 saturated heterocycles. The largest absolute Gasteiger partial charge is 0.372 e. The monoisotopic (exact) mass is 207 g/mol. The Morgan fingerprint density at radius 3 is 3.20 bits per heavy atom. The third-order valence-corrected chi connectivity index (χ3v) is 3.31. The van der Waals surface area contributed by atoms with E-state index in [1.165, 1.54) is 5.82 Å². The van der Waals surface area contributed by atoms with Crippen molar-refractivity contribution >= 4 is 0 Å². The summed E-state index contributed by atoms with van der Waals surface area (Å²) in [5.74, 6) is 1.18. The number of hydrogen-bond donors (Lipinski definition) is 1. The van der Waals surface area contributed by atoms with Crippen LogP contribution >= 0.6 is 0 Å². The van der Waals surface area contributed by atoms with Gasteiger partial charge in [0.1, 0.15) is 11.9 Å². The van der Waals surface area contributed by atoms with Crippen LogP contribution in [0.5, 0.6) is 0 Å². The summed E-state index contributed by atoms with van der Waals surface area (Å²) in [4.78, 5) is 4.65. The molecule has 0 spiro atoms. The van der Waals surface area contributed by atoms with Crippen LogP contribution in [0.3, 0.4) is 0 Å². The van der Waals surface area contributed by atoms with Crippen molar-refractivity contribution in [3.63, 3.8) is 0 Å². The molecule has 0 aliphatic carbocycles. The number of rotatable bonds is 1. The molecule has 4 nitrogen and oxygen atoms in total. The first-order chi connectivity index (χ1) is 7.33. The number of nitrogens with two attached hydrogens (primary N) is 1. The van der Waals surface area contributed by atoms with E-state index < -0.39 is 0 Å². The molecule has 3 heterocycles. The molecule has 2 unspecified atom stereocenters. The Bertz CT molecular complexity index is 355. The van der Waals surface area contributed by atoms with E-state index in [2.05, 4.69) is 15.7 Å². The van der Waals surface area contributed by atoms with E-state index in [1.807, 2.05) is 0 Å². The summed E-state index contributed by atoms with van der Waals surface area (Å²) in [5.41, 5.74) is 7.04. The predicted molar refractivity (Wildman–Crippen MR) is 56.5 cm³/mol. The topological polar surface area (TPSA) is 53.1 Å². The summed E-state index contributed by atoms with van der Waals surface area (Å²) >= 11 is 0. The predicted octanol–water partition coefficient (Wildman–Crippen LogP) is 1.01. The molecule has 0 bridgehead atoms. The molecular weight excluding hydrogens is 190 g/mol. The maximum absolute atomic E-state index is 5.93. The molecule has 0 amide bonds. The molecule has 2 atom stereocenters. The van der Waals surface area contributed by atoms with Gasteiger partial charge >= 0.3 is 0 Å². The van der Waals surface area contributed by atoms with Crippen LogP contribution in [0.2, 0.25) is 0 Å². The van der Waals surface area contributed by atoms with Crippen molar-refractivity contribution in [2.24, 2.45) is 5.73 Å². The van der Waals surface area contributed by atoms with Crippen LogP contribution in [0, 0.1) is 0 Å². The Balaban J connectivity index is 1.85. The molecule has 1 aromatic heterocycles. The second-order valence-electron chi connectivity index (χ2n) is 4.53. The molecule has 82 valence electrons. The molecule has 0 saturated carbocycles. The lowest BCUT2D eigenvalue weighted by Crippen LogP contribution is -2.31. The second kappa shape index (κ2) is 3.61.